The Morgan fingerprint density at radius 1 is 0.552 bits per heavy atom. The van der Waals surface area contributed by atoms with Crippen LogP contribution in [0.25, 0.3) is 0 Å². The van der Waals surface area contributed by atoms with Gasteiger partial charge in [-0.25, -0.2) is 0 Å². The van der Waals surface area contributed by atoms with E-state index >= 15 is 0 Å². The van der Waals surface area contributed by atoms with Crippen molar-refractivity contribution in [1.82, 2.24) is 0 Å². The van der Waals surface area contributed by atoms with E-state index in [9.17, 15) is 15.3 Å². The summed E-state index contributed by atoms with van der Waals surface area (Å²) >= 11 is 0. The van der Waals surface area contributed by atoms with Crippen LogP contribution < -0.4 is 5.73 Å². The van der Waals surface area contributed by atoms with Crippen LogP contribution in [0.2, 0.25) is 0 Å². The number of rotatable bonds is 0. The highest BCUT2D eigenvalue weighted by Gasteiger charge is 2.40. The van der Waals surface area contributed by atoms with Gasteiger partial charge in [-0.3, -0.25) is 0 Å². The van der Waals surface area contributed by atoms with Gasteiger partial charge >= 0.3 is 0 Å². The van der Waals surface area contributed by atoms with Crippen LogP contribution >= 0.6 is 0 Å². The highest BCUT2D eigenvalue weighted by Crippen LogP contribution is 2.43. The Balaban J connectivity index is 0. The summed E-state index contributed by atoms with van der Waals surface area (Å²) < 4.78 is 0. The minimum Gasteiger partial charge on any atom is -0.393 e. The number of nitrogens with two attached hydrogens (primary N) is 1. The van der Waals surface area contributed by atoms with Crippen LogP contribution in [0, 0.1) is 28.1 Å². The average Bonchev–Trinajstić information content (AvgIpc) is 3.06. The maximum Gasteiger partial charge on any atom is 0.0606 e. The molecule has 0 aromatic carbocycles. The molecule has 4 heteroatoms. The van der Waals surface area contributed by atoms with Gasteiger partial charge in [0.2, 0.25) is 0 Å². The molecule has 3 rings (SSSR count). The summed E-state index contributed by atoms with van der Waals surface area (Å²) in [5, 5.41) is 28.2. The predicted molar refractivity (Wildman–Crippen MR) is 127 cm³/mol. The van der Waals surface area contributed by atoms with E-state index in [-0.39, 0.29) is 55.5 Å². The minimum atomic E-state index is -0.188. The smallest absolute Gasteiger partial charge is 0.0606 e. The van der Waals surface area contributed by atoms with Crippen LogP contribution in [-0.4, -0.2) is 39.7 Å². The molecule has 0 heterocycles. The lowest BCUT2D eigenvalue weighted by molar-refractivity contribution is 0.0588. The first kappa shape index (κ1) is 31.0. The minimum absolute atomic E-state index is 0. The normalized spacial score (nSPS) is 38.5. The van der Waals surface area contributed by atoms with Gasteiger partial charge in [0.15, 0.2) is 0 Å². The van der Waals surface area contributed by atoms with Crippen molar-refractivity contribution in [1.29, 1.82) is 0 Å². The molecule has 3 aliphatic rings. The SMILES string of the molecule is C.C.CC1(C)C(N)CCC1O.C[C@@H]1CC[C@@H](O)C1(C)C.C[C@@H]1CC[C@H](O)C1(C)C. The zero-order valence-electron chi connectivity index (χ0n) is 19.1. The zero-order valence-corrected chi connectivity index (χ0v) is 19.1. The van der Waals surface area contributed by atoms with Crippen LogP contribution in [-0.2, 0) is 0 Å². The van der Waals surface area contributed by atoms with Gasteiger partial charge in [0.05, 0.1) is 18.3 Å². The molecule has 178 valence electrons. The molecule has 0 spiro atoms. The molecule has 29 heavy (non-hydrogen) atoms. The molecule has 0 bridgehead atoms. The molecule has 5 N–H and O–H groups in total. The highest BCUT2D eigenvalue weighted by atomic mass is 16.3. The summed E-state index contributed by atoms with van der Waals surface area (Å²) in [6.45, 7) is 17.1. The van der Waals surface area contributed by atoms with Crippen molar-refractivity contribution in [2.75, 3.05) is 0 Å². The maximum absolute atomic E-state index is 9.43. The second-order valence-corrected chi connectivity index (χ2v) is 11.2. The lowest BCUT2D eigenvalue weighted by Crippen LogP contribution is -2.38. The second-order valence-electron chi connectivity index (χ2n) is 11.2. The molecule has 4 nitrogen and oxygen atoms in total. The van der Waals surface area contributed by atoms with Gasteiger partial charge < -0.3 is 21.1 Å². The summed E-state index contributed by atoms with van der Waals surface area (Å²) in [5.74, 6) is 1.37. The Hall–Kier alpha value is -0.160. The van der Waals surface area contributed by atoms with Crippen molar-refractivity contribution >= 4 is 0 Å². The van der Waals surface area contributed by atoms with Gasteiger partial charge in [-0.2, -0.15) is 0 Å². The van der Waals surface area contributed by atoms with E-state index in [1.165, 1.54) is 12.8 Å². The third-order valence-corrected chi connectivity index (χ3v) is 8.57. The Kier molecular flexibility index (Phi) is 12.3. The molecule has 0 aliphatic heterocycles. The van der Waals surface area contributed by atoms with Gasteiger partial charge in [-0.1, -0.05) is 70.2 Å². The largest absolute Gasteiger partial charge is 0.393 e. The Labute approximate surface area is 182 Å². The Morgan fingerprint density at radius 2 is 0.828 bits per heavy atom. The van der Waals surface area contributed by atoms with E-state index in [1.807, 2.05) is 13.8 Å². The van der Waals surface area contributed by atoms with E-state index in [1.54, 1.807) is 0 Å². The van der Waals surface area contributed by atoms with E-state index < -0.39 is 0 Å². The topological polar surface area (TPSA) is 86.7 Å². The molecule has 0 radical (unpaired) electrons. The van der Waals surface area contributed by atoms with Crippen molar-refractivity contribution < 1.29 is 15.3 Å². The van der Waals surface area contributed by atoms with Crippen LogP contribution in [0.5, 0.6) is 0 Å². The van der Waals surface area contributed by atoms with E-state index in [0.29, 0.717) is 11.8 Å². The molecule has 0 saturated heterocycles. The maximum atomic E-state index is 9.43. The molecule has 3 aliphatic carbocycles. The fourth-order valence-electron chi connectivity index (χ4n) is 4.29. The molecule has 0 amide bonds. The number of hydrogen-bond acceptors (Lipinski definition) is 4. The van der Waals surface area contributed by atoms with Gasteiger partial charge in [0, 0.05) is 11.5 Å². The molecule has 6 atom stereocenters. The van der Waals surface area contributed by atoms with Crippen molar-refractivity contribution in [3.05, 3.63) is 0 Å². The first-order valence-electron chi connectivity index (χ1n) is 10.9. The Bertz CT molecular complexity index is 358. The van der Waals surface area contributed by atoms with Crippen LogP contribution in [0.1, 0.15) is 109 Å². The summed E-state index contributed by atoms with van der Waals surface area (Å²) in [6.07, 6.45) is 5.89. The van der Waals surface area contributed by atoms with E-state index in [2.05, 4.69) is 41.5 Å². The fraction of sp³-hybridized carbons (Fsp3) is 1.00. The average molecular weight is 418 g/mol. The van der Waals surface area contributed by atoms with Crippen LogP contribution in [0.3, 0.4) is 0 Å². The molecule has 0 aromatic rings. The molecule has 0 aromatic heterocycles. The number of aliphatic hydroxyl groups is 3. The number of aliphatic hydroxyl groups excluding tert-OH is 3. The fourth-order valence-corrected chi connectivity index (χ4v) is 4.29. The summed E-state index contributed by atoms with van der Waals surface area (Å²) in [5.41, 5.74) is 6.02. The predicted octanol–water partition coefficient (Wildman–Crippen LogP) is 5.37. The first-order chi connectivity index (χ1) is 12.1. The lowest BCUT2D eigenvalue weighted by Gasteiger charge is -2.27. The monoisotopic (exact) mass is 417 g/mol. The van der Waals surface area contributed by atoms with Crippen molar-refractivity contribution in [3.8, 4) is 0 Å². The van der Waals surface area contributed by atoms with Crippen LogP contribution in [0.4, 0.5) is 0 Å². The van der Waals surface area contributed by atoms with Gasteiger partial charge in [-0.15, -0.1) is 0 Å². The molecular formula is C25H55NO3. The lowest BCUT2D eigenvalue weighted by atomic mass is 9.82. The summed E-state index contributed by atoms with van der Waals surface area (Å²) in [6, 6.07) is 0.187. The van der Waals surface area contributed by atoms with Crippen molar-refractivity contribution in [3.63, 3.8) is 0 Å². The van der Waals surface area contributed by atoms with Gasteiger partial charge in [-0.05, 0) is 61.2 Å². The standard InChI is InChI=1S/2C8H16O.C7H15NO.2CH4/c2*1-6-4-5-7(9)8(6,2)3;1-7(2)5(8)3-4-6(7)9;;/h2*6-7,9H,4-5H2,1-3H3;5-6,9H,3-4,8H2,1-2H3;2*1H4/t6-,7+;6-,7-;;;/m11.../s1. The molecule has 2 unspecified atom stereocenters. The zero-order chi connectivity index (χ0) is 21.2. The molecular weight excluding hydrogens is 362 g/mol. The second kappa shape index (κ2) is 11.5. The van der Waals surface area contributed by atoms with E-state index in [4.69, 9.17) is 5.73 Å². The molecule has 3 saturated carbocycles. The quantitative estimate of drug-likeness (QED) is 0.426. The van der Waals surface area contributed by atoms with Crippen molar-refractivity contribution in [2.45, 2.75) is 133 Å². The first-order valence-corrected chi connectivity index (χ1v) is 10.9. The van der Waals surface area contributed by atoms with Gasteiger partial charge in [0.25, 0.3) is 0 Å². The Morgan fingerprint density at radius 3 is 0.897 bits per heavy atom. The highest BCUT2D eigenvalue weighted by molar-refractivity contribution is 4.94. The summed E-state index contributed by atoms with van der Waals surface area (Å²) in [4.78, 5) is 0. The van der Waals surface area contributed by atoms with Crippen molar-refractivity contribution in [2.24, 2.45) is 33.8 Å². The van der Waals surface area contributed by atoms with Gasteiger partial charge in [0.1, 0.15) is 0 Å². The van der Waals surface area contributed by atoms with Crippen LogP contribution in [0.15, 0.2) is 0 Å². The van der Waals surface area contributed by atoms with E-state index in [0.717, 1.165) is 25.7 Å². The third kappa shape index (κ3) is 7.19. The molecule has 3 fully saturated rings. The summed E-state index contributed by atoms with van der Waals surface area (Å²) in [7, 11) is 0. The number of hydrogen-bond donors (Lipinski definition) is 4. The third-order valence-electron chi connectivity index (χ3n) is 8.57.